The van der Waals surface area contributed by atoms with Gasteiger partial charge in [-0.15, -0.1) is 0 Å². The normalized spacial score (nSPS) is 21.1. The summed E-state index contributed by atoms with van der Waals surface area (Å²) >= 11 is 0. The van der Waals surface area contributed by atoms with Crippen molar-refractivity contribution in [1.29, 1.82) is 0 Å². The molecule has 0 saturated carbocycles. The molecule has 0 spiro atoms. The van der Waals surface area contributed by atoms with Crippen LogP contribution in [0.25, 0.3) is 0 Å². The average Bonchev–Trinajstić information content (AvgIpc) is 2.69. The summed E-state index contributed by atoms with van der Waals surface area (Å²) in [5.41, 5.74) is 0.507. The molecular weight excluding hydrogens is 180 g/mol. The van der Waals surface area contributed by atoms with Crippen LogP contribution < -0.4 is 0 Å². The number of carbonyl (C=O) groups excluding carboxylic acids is 1. The molecule has 4 heteroatoms. The first kappa shape index (κ1) is 9.27. The Bertz CT molecular complexity index is 346. The van der Waals surface area contributed by atoms with Crippen LogP contribution in [0.2, 0.25) is 0 Å². The molecule has 1 atom stereocenters. The van der Waals surface area contributed by atoms with Gasteiger partial charge in [-0.25, -0.2) is 9.97 Å². The number of ether oxygens (including phenoxy) is 1. The first-order valence-electron chi connectivity index (χ1n) is 4.69. The molecular formula is C10H12N2O2. The monoisotopic (exact) mass is 192 g/mol. The molecule has 1 fully saturated rings. The van der Waals surface area contributed by atoms with Crippen LogP contribution in [0.1, 0.15) is 22.7 Å². The van der Waals surface area contributed by atoms with E-state index in [1.807, 2.05) is 0 Å². The quantitative estimate of drug-likeness (QED) is 0.656. The van der Waals surface area contributed by atoms with E-state index in [1.165, 1.54) is 0 Å². The molecule has 0 bridgehead atoms. The molecule has 2 rings (SSSR count). The molecule has 1 aromatic heterocycles. The Morgan fingerprint density at radius 1 is 1.64 bits per heavy atom. The second kappa shape index (κ2) is 3.84. The van der Waals surface area contributed by atoms with Gasteiger partial charge >= 0.3 is 0 Å². The highest BCUT2D eigenvalue weighted by atomic mass is 16.5. The fourth-order valence-corrected chi connectivity index (χ4v) is 1.54. The maximum atomic E-state index is 11.8. The summed E-state index contributed by atoms with van der Waals surface area (Å²) in [5.74, 6) is 0.701. The first-order chi connectivity index (χ1) is 6.77. The molecule has 0 amide bonds. The van der Waals surface area contributed by atoms with E-state index in [9.17, 15) is 4.79 Å². The third kappa shape index (κ3) is 1.80. The standard InChI is InChI=1S/C10H12N2O2/c1-7-11-4-2-9(12-7)10(13)8-3-5-14-6-8/h2,4,8H,3,5-6H2,1H3. The van der Waals surface area contributed by atoms with Crippen molar-refractivity contribution in [2.24, 2.45) is 5.92 Å². The van der Waals surface area contributed by atoms with Crippen molar-refractivity contribution >= 4 is 5.78 Å². The number of hydrogen-bond acceptors (Lipinski definition) is 4. The molecule has 0 N–H and O–H groups in total. The zero-order valence-electron chi connectivity index (χ0n) is 8.06. The summed E-state index contributed by atoms with van der Waals surface area (Å²) in [4.78, 5) is 19.9. The van der Waals surface area contributed by atoms with Crippen molar-refractivity contribution in [3.8, 4) is 0 Å². The number of nitrogens with zero attached hydrogens (tertiary/aromatic N) is 2. The van der Waals surface area contributed by atoms with Crippen LogP contribution in [-0.2, 0) is 4.74 Å². The third-order valence-electron chi connectivity index (χ3n) is 2.33. The van der Waals surface area contributed by atoms with Crippen LogP contribution in [0.5, 0.6) is 0 Å². The van der Waals surface area contributed by atoms with Gasteiger partial charge in [-0.3, -0.25) is 4.79 Å². The summed E-state index contributed by atoms with van der Waals surface area (Å²) in [7, 11) is 0. The lowest BCUT2D eigenvalue weighted by Gasteiger charge is -2.05. The van der Waals surface area contributed by atoms with Crippen molar-refractivity contribution in [2.45, 2.75) is 13.3 Å². The van der Waals surface area contributed by atoms with Crippen molar-refractivity contribution in [3.05, 3.63) is 23.8 Å². The van der Waals surface area contributed by atoms with Crippen LogP contribution >= 0.6 is 0 Å². The van der Waals surface area contributed by atoms with Gasteiger partial charge in [0.15, 0.2) is 5.78 Å². The minimum Gasteiger partial charge on any atom is -0.381 e. The number of aromatic nitrogens is 2. The summed E-state index contributed by atoms with van der Waals surface area (Å²) < 4.78 is 5.17. The van der Waals surface area contributed by atoms with Crippen molar-refractivity contribution in [2.75, 3.05) is 13.2 Å². The average molecular weight is 192 g/mol. The summed E-state index contributed by atoms with van der Waals surface area (Å²) in [5, 5.41) is 0. The van der Waals surface area contributed by atoms with Gasteiger partial charge in [0.2, 0.25) is 0 Å². The lowest BCUT2D eigenvalue weighted by atomic mass is 10.0. The molecule has 1 saturated heterocycles. The van der Waals surface area contributed by atoms with Gasteiger partial charge in [-0.05, 0) is 19.4 Å². The number of Topliss-reactive ketones (excluding diaryl/α,β-unsaturated/α-hetero) is 1. The van der Waals surface area contributed by atoms with Crippen molar-refractivity contribution in [3.63, 3.8) is 0 Å². The highest BCUT2D eigenvalue weighted by molar-refractivity contribution is 5.96. The Kier molecular flexibility index (Phi) is 2.54. The number of rotatable bonds is 2. The zero-order chi connectivity index (χ0) is 9.97. The van der Waals surface area contributed by atoms with Gasteiger partial charge in [-0.2, -0.15) is 0 Å². The van der Waals surface area contributed by atoms with Crippen LogP contribution in [0, 0.1) is 12.8 Å². The lowest BCUT2D eigenvalue weighted by molar-refractivity contribution is 0.0894. The summed E-state index contributed by atoms with van der Waals surface area (Å²) in [6, 6.07) is 1.66. The van der Waals surface area contributed by atoms with E-state index in [1.54, 1.807) is 19.2 Å². The molecule has 1 unspecified atom stereocenters. The fourth-order valence-electron chi connectivity index (χ4n) is 1.54. The van der Waals surface area contributed by atoms with E-state index in [0.29, 0.717) is 24.7 Å². The largest absolute Gasteiger partial charge is 0.381 e. The predicted octanol–water partition coefficient (Wildman–Crippen LogP) is 1.00. The number of carbonyl (C=O) groups is 1. The van der Waals surface area contributed by atoms with E-state index < -0.39 is 0 Å². The third-order valence-corrected chi connectivity index (χ3v) is 2.33. The molecule has 4 nitrogen and oxygen atoms in total. The Morgan fingerprint density at radius 3 is 3.14 bits per heavy atom. The van der Waals surface area contributed by atoms with Gasteiger partial charge < -0.3 is 4.74 Å². The van der Waals surface area contributed by atoms with E-state index in [-0.39, 0.29) is 11.7 Å². The van der Waals surface area contributed by atoms with Gasteiger partial charge in [0, 0.05) is 18.7 Å². The number of aryl methyl sites for hydroxylation is 1. The summed E-state index contributed by atoms with van der Waals surface area (Å²) in [6.45, 7) is 2.99. The molecule has 14 heavy (non-hydrogen) atoms. The van der Waals surface area contributed by atoms with Gasteiger partial charge in [0.1, 0.15) is 11.5 Å². The smallest absolute Gasteiger partial charge is 0.186 e. The highest BCUT2D eigenvalue weighted by Crippen LogP contribution is 2.16. The molecule has 0 aromatic carbocycles. The molecule has 2 heterocycles. The maximum Gasteiger partial charge on any atom is 0.186 e. The maximum absolute atomic E-state index is 11.8. The Morgan fingerprint density at radius 2 is 2.50 bits per heavy atom. The van der Waals surface area contributed by atoms with Gasteiger partial charge in [-0.1, -0.05) is 0 Å². The highest BCUT2D eigenvalue weighted by Gasteiger charge is 2.25. The van der Waals surface area contributed by atoms with E-state index in [0.717, 1.165) is 6.42 Å². The van der Waals surface area contributed by atoms with Crippen LogP contribution in [0.3, 0.4) is 0 Å². The minimum atomic E-state index is -0.00991. The minimum absolute atomic E-state index is 0.00991. The second-order valence-electron chi connectivity index (χ2n) is 3.41. The van der Waals surface area contributed by atoms with E-state index in [4.69, 9.17) is 4.74 Å². The molecule has 0 radical (unpaired) electrons. The number of ketones is 1. The molecule has 1 aliphatic heterocycles. The van der Waals surface area contributed by atoms with Crippen molar-refractivity contribution < 1.29 is 9.53 Å². The van der Waals surface area contributed by atoms with Gasteiger partial charge in [0.05, 0.1) is 6.61 Å². The first-order valence-corrected chi connectivity index (χ1v) is 4.69. The molecule has 1 aromatic rings. The van der Waals surface area contributed by atoms with Crippen molar-refractivity contribution in [1.82, 2.24) is 9.97 Å². The number of hydrogen-bond donors (Lipinski definition) is 0. The topological polar surface area (TPSA) is 52.1 Å². The SMILES string of the molecule is Cc1nccc(C(=O)C2CCOC2)n1. The summed E-state index contributed by atoms with van der Waals surface area (Å²) in [6.07, 6.45) is 2.42. The Balaban J connectivity index is 2.17. The molecule has 0 aliphatic carbocycles. The van der Waals surface area contributed by atoms with Gasteiger partial charge in [0.25, 0.3) is 0 Å². The zero-order valence-corrected chi connectivity index (χ0v) is 8.06. The Hall–Kier alpha value is -1.29. The second-order valence-corrected chi connectivity index (χ2v) is 3.41. The molecule has 74 valence electrons. The lowest BCUT2D eigenvalue weighted by Crippen LogP contribution is -2.16. The van der Waals surface area contributed by atoms with E-state index >= 15 is 0 Å². The fraction of sp³-hybridized carbons (Fsp3) is 0.500. The predicted molar refractivity (Wildman–Crippen MR) is 50.0 cm³/mol. The Labute approximate surface area is 82.3 Å². The van der Waals surface area contributed by atoms with Crippen LogP contribution in [0.15, 0.2) is 12.3 Å². The van der Waals surface area contributed by atoms with Crippen LogP contribution in [-0.4, -0.2) is 29.0 Å². The van der Waals surface area contributed by atoms with E-state index in [2.05, 4.69) is 9.97 Å². The molecule has 1 aliphatic rings. The van der Waals surface area contributed by atoms with Crippen LogP contribution in [0.4, 0.5) is 0 Å².